The first-order valence-corrected chi connectivity index (χ1v) is 6.54. The summed E-state index contributed by atoms with van der Waals surface area (Å²) in [6.07, 6.45) is 0.345. The predicted octanol–water partition coefficient (Wildman–Crippen LogP) is 3.59. The van der Waals surface area contributed by atoms with Gasteiger partial charge < -0.3 is 9.84 Å². The topological polar surface area (TPSA) is 29.5 Å². The average Bonchev–Trinajstić information content (AvgIpc) is 2.42. The fraction of sp³-hybridized carbons (Fsp3) is 0.294. The number of halogens is 1. The van der Waals surface area contributed by atoms with E-state index in [9.17, 15) is 9.50 Å². The zero-order chi connectivity index (χ0) is 14.8. The third-order valence-corrected chi connectivity index (χ3v) is 3.41. The Morgan fingerprint density at radius 2 is 1.80 bits per heavy atom. The van der Waals surface area contributed by atoms with Crippen LogP contribution in [0.15, 0.2) is 42.5 Å². The maximum atomic E-state index is 13.9. The Labute approximate surface area is 118 Å². The van der Waals surface area contributed by atoms with Crippen molar-refractivity contribution in [3.05, 3.63) is 65.0 Å². The quantitative estimate of drug-likeness (QED) is 0.923. The first kappa shape index (κ1) is 14.5. The van der Waals surface area contributed by atoms with Crippen molar-refractivity contribution in [1.29, 1.82) is 0 Å². The average molecular weight is 274 g/mol. The van der Waals surface area contributed by atoms with E-state index in [0.29, 0.717) is 12.0 Å². The SMILES string of the molecule is COc1ccc(CC(C)(O)c2cc(C)ccc2F)cc1. The number of hydrogen-bond donors (Lipinski definition) is 1. The Balaban J connectivity index is 2.27. The summed E-state index contributed by atoms with van der Waals surface area (Å²) in [6.45, 7) is 3.52. The number of benzene rings is 2. The van der Waals surface area contributed by atoms with Crippen LogP contribution in [0.2, 0.25) is 0 Å². The minimum Gasteiger partial charge on any atom is -0.497 e. The largest absolute Gasteiger partial charge is 0.497 e. The molecule has 0 amide bonds. The normalized spacial score (nSPS) is 13.8. The third-order valence-electron chi connectivity index (χ3n) is 3.41. The third kappa shape index (κ3) is 3.17. The van der Waals surface area contributed by atoms with Crippen molar-refractivity contribution in [1.82, 2.24) is 0 Å². The van der Waals surface area contributed by atoms with Gasteiger partial charge in [-0.25, -0.2) is 4.39 Å². The van der Waals surface area contributed by atoms with Gasteiger partial charge in [-0.3, -0.25) is 0 Å². The molecule has 106 valence electrons. The highest BCUT2D eigenvalue weighted by Gasteiger charge is 2.27. The zero-order valence-corrected chi connectivity index (χ0v) is 12.0. The van der Waals surface area contributed by atoms with Crippen LogP contribution >= 0.6 is 0 Å². The molecule has 1 atom stereocenters. The van der Waals surface area contributed by atoms with Gasteiger partial charge in [0.05, 0.1) is 12.7 Å². The van der Waals surface area contributed by atoms with Gasteiger partial charge in [-0.05, 0) is 37.6 Å². The van der Waals surface area contributed by atoms with Crippen molar-refractivity contribution in [2.24, 2.45) is 0 Å². The van der Waals surface area contributed by atoms with Crippen LogP contribution < -0.4 is 4.74 Å². The molecule has 0 bridgehead atoms. The first-order valence-electron chi connectivity index (χ1n) is 6.54. The molecule has 0 saturated carbocycles. The van der Waals surface area contributed by atoms with E-state index < -0.39 is 5.60 Å². The molecule has 0 aromatic heterocycles. The summed E-state index contributed by atoms with van der Waals surface area (Å²) in [6, 6.07) is 12.2. The fourth-order valence-corrected chi connectivity index (χ4v) is 2.29. The van der Waals surface area contributed by atoms with E-state index in [2.05, 4.69) is 0 Å². The highest BCUT2D eigenvalue weighted by atomic mass is 19.1. The van der Waals surface area contributed by atoms with E-state index in [1.54, 1.807) is 26.2 Å². The van der Waals surface area contributed by atoms with Gasteiger partial charge in [0.2, 0.25) is 0 Å². The lowest BCUT2D eigenvalue weighted by atomic mass is 9.88. The molecule has 0 aliphatic heterocycles. The molecule has 2 nitrogen and oxygen atoms in total. The van der Waals surface area contributed by atoms with Crippen LogP contribution in [-0.2, 0) is 12.0 Å². The van der Waals surface area contributed by atoms with E-state index in [4.69, 9.17) is 4.74 Å². The van der Waals surface area contributed by atoms with Gasteiger partial charge in [0.25, 0.3) is 0 Å². The van der Waals surface area contributed by atoms with Gasteiger partial charge in [-0.2, -0.15) is 0 Å². The molecule has 2 aromatic carbocycles. The molecule has 0 radical (unpaired) electrons. The fourth-order valence-electron chi connectivity index (χ4n) is 2.29. The summed E-state index contributed by atoms with van der Waals surface area (Å²) in [5.74, 6) is 0.379. The second-order valence-electron chi connectivity index (χ2n) is 5.28. The Morgan fingerprint density at radius 3 is 2.40 bits per heavy atom. The molecule has 2 rings (SSSR count). The molecule has 0 fully saturated rings. The molecule has 1 N–H and O–H groups in total. The van der Waals surface area contributed by atoms with Crippen LogP contribution in [0, 0.1) is 12.7 Å². The molecule has 20 heavy (non-hydrogen) atoms. The number of ether oxygens (including phenoxy) is 1. The van der Waals surface area contributed by atoms with Gasteiger partial charge in [-0.1, -0.05) is 29.8 Å². The summed E-state index contributed by atoms with van der Waals surface area (Å²) in [5, 5.41) is 10.6. The standard InChI is InChI=1S/C17H19FO2/c1-12-4-9-16(18)15(10-12)17(2,19)11-13-5-7-14(20-3)8-6-13/h4-10,19H,11H2,1-3H3. The van der Waals surface area contributed by atoms with Crippen LogP contribution in [0.4, 0.5) is 4.39 Å². The summed E-state index contributed by atoms with van der Waals surface area (Å²) in [4.78, 5) is 0. The van der Waals surface area contributed by atoms with E-state index in [-0.39, 0.29) is 5.82 Å². The van der Waals surface area contributed by atoms with Crippen molar-refractivity contribution >= 4 is 0 Å². The molecule has 0 aliphatic rings. The highest BCUT2D eigenvalue weighted by Crippen LogP contribution is 2.29. The van der Waals surface area contributed by atoms with Gasteiger partial charge in [0.1, 0.15) is 11.6 Å². The van der Waals surface area contributed by atoms with Gasteiger partial charge in [0, 0.05) is 12.0 Å². The van der Waals surface area contributed by atoms with Crippen molar-refractivity contribution in [2.75, 3.05) is 7.11 Å². The lowest BCUT2D eigenvalue weighted by molar-refractivity contribution is 0.0537. The van der Waals surface area contributed by atoms with Crippen LogP contribution in [0.5, 0.6) is 5.75 Å². The lowest BCUT2D eigenvalue weighted by Gasteiger charge is -2.25. The van der Waals surface area contributed by atoms with Crippen LogP contribution in [0.25, 0.3) is 0 Å². The molecule has 0 heterocycles. The van der Waals surface area contributed by atoms with E-state index in [1.807, 2.05) is 31.2 Å². The monoisotopic (exact) mass is 274 g/mol. The summed E-state index contributed by atoms with van der Waals surface area (Å²) < 4.78 is 19.0. The van der Waals surface area contributed by atoms with E-state index in [1.165, 1.54) is 6.07 Å². The Bertz CT molecular complexity index is 588. The van der Waals surface area contributed by atoms with Crippen molar-refractivity contribution in [3.8, 4) is 5.75 Å². The Hall–Kier alpha value is -1.87. The number of methoxy groups -OCH3 is 1. The van der Waals surface area contributed by atoms with Crippen molar-refractivity contribution < 1.29 is 14.2 Å². The summed E-state index contributed by atoms with van der Waals surface area (Å²) >= 11 is 0. The lowest BCUT2D eigenvalue weighted by Crippen LogP contribution is -2.25. The van der Waals surface area contributed by atoms with E-state index >= 15 is 0 Å². The summed E-state index contributed by atoms with van der Waals surface area (Å²) in [7, 11) is 1.60. The highest BCUT2D eigenvalue weighted by molar-refractivity contribution is 5.33. The Kier molecular flexibility index (Phi) is 4.09. The van der Waals surface area contributed by atoms with Gasteiger partial charge in [0.15, 0.2) is 0 Å². The van der Waals surface area contributed by atoms with Crippen LogP contribution in [0.1, 0.15) is 23.6 Å². The molecule has 0 aliphatic carbocycles. The van der Waals surface area contributed by atoms with Crippen LogP contribution in [0.3, 0.4) is 0 Å². The molecule has 3 heteroatoms. The molecule has 0 spiro atoms. The Morgan fingerprint density at radius 1 is 1.15 bits per heavy atom. The second kappa shape index (κ2) is 5.63. The second-order valence-corrected chi connectivity index (χ2v) is 5.28. The van der Waals surface area contributed by atoms with Crippen molar-refractivity contribution in [3.63, 3.8) is 0 Å². The number of aliphatic hydroxyl groups is 1. The van der Waals surface area contributed by atoms with Gasteiger partial charge >= 0.3 is 0 Å². The zero-order valence-electron chi connectivity index (χ0n) is 12.0. The first-order chi connectivity index (χ1) is 9.42. The molecule has 0 saturated heterocycles. The van der Waals surface area contributed by atoms with Gasteiger partial charge in [-0.15, -0.1) is 0 Å². The summed E-state index contributed by atoms with van der Waals surface area (Å²) in [5.41, 5.74) is 0.937. The number of hydrogen-bond acceptors (Lipinski definition) is 2. The van der Waals surface area contributed by atoms with Crippen molar-refractivity contribution in [2.45, 2.75) is 25.9 Å². The minimum absolute atomic E-state index is 0.327. The number of aryl methyl sites for hydroxylation is 1. The molecule has 1 unspecified atom stereocenters. The maximum absolute atomic E-state index is 13.9. The number of rotatable bonds is 4. The van der Waals surface area contributed by atoms with E-state index in [0.717, 1.165) is 16.9 Å². The minimum atomic E-state index is -1.25. The molecular formula is C17H19FO2. The molecule has 2 aromatic rings. The maximum Gasteiger partial charge on any atom is 0.129 e. The molecular weight excluding hydrogens is 255 g/mol. The smallest absolute Gasteiger partial charge is 0.129 e. The predicted molar refractivity (Wildman–Crippen MR) is 77.4 cm³/mol. The van der Waals surface area contributed by atoms with Crippen LogP contribution in [-0.4, -0.2) is 12.2 Å².